The van der Waals surface area contributed by atoms with Crippen LogP contribution in [-0.4, -0.2) is 20.7 Å². The Labute approximate surface area is 117 Å². The van der Waals surface area contributed by atoms with Crippen molar-refractivity contribution in [3.63, 3.8) is 0 Å². The van der Waals surface area contributed by atoms with Gasteiger partial charge in [-0.15, -0.1) is 0 Å². The van der Waals surface area contributed by atoms with Crippen LogP contribution in [0.4, 0.5) is 0 Å². The van der Waals surface area contributed by atoms with Gasteiger partial charge in [0, 0.05) is 25.1 Å². The maximum atomic E-state index is 11.7. The van der Waals surface area contributed by atoms with Gasteiger partial charge in [-0.05, 0) is 39.7 Å². The second-order valence-corrected chi connectivity index (χ2v) is 4.63. The summed E-state index contributed by atoms with van der Waals surface area (Å²) in [4.78, 5) is 27.2. The Hall–Kier alpha value is -2.02. The van der Waals surface area contributed by atoms with E-state index >= 15 is 0 Å². The molecule has 6 nitrogen and oxygen atoms in total. The maximum Gasteiger partial charge on any atom is 0.281 e. The van der Waals surface area contributed by atoms with E-state index in [1.54, 1.807) is 12.4 Å². The zero-order chi connectivity index (χ0) is 13.7. The molecular formula is C12H11BrN4O2. The minimum absolute atomic E-state index is 0.108. The van der Waals surface area contributed by atoms with Crippen LogP contribution in [0.1, 0.15) is 5.56 Å². The van der Waals surface area contributed by atoms with E-state index < -0.39 is 0 Å². The summed E-state index contributed by atoms with van der Waals surface area (Å²) in [5.74, 6) is -0.274. The molecule has 0 aliphatic carbocycles. The molecule has 1 N–H and O–H groups in total. The number of hydrogen-bond acceptors (Lipinski definition) is 4. The van der Waals surface area contributed by atoms with Crippen molar-refractivity contribution in [1.29, 1.82) is 0 Å². The van der Waals surface area contributed by atoms with E-state index in [9.17, 15) is 9.59 Å². The van der Waals surface area contributed by atoms with Gasteiger partial charge in [-0.1, -0.05) is 0 Å². The van der Waals surface area contributed by atoms with Crippen LogP contribution < -0.4 is 10.9 Å². The molecule has 0 aliphatic rings. The van der Waals surface area contributed by atoms with E-state index in [1.807, 2.05) is 12.1 Å². The topological polar surface area (TPSA) is 76.9 Å². The van der Waals surface area contributed by atoms with Crippen molar-refractivity contribution in [3.05, 3.63) is 57.2 Å². The van der Waals surface area contributed by atoms with Crippen LogP contribution in [0.25, 0.3) is 0 Å². The third kappa shape index (κ3) is 3.72. The molecule has 2 heterocycles. The van der Waals surface area contributed by atoms with Gasteiger partial charge in [-0.25, -0.2) is 4.68 Å². The summed E-state index contributed by atoms with van der Waals surface area (Å²) in [5.41, 5.74) is 0.611. The van der Waals surface area contributed by atoms with E-state index in [2.05, 4.69) is 31.3 Å². The van der Waals surface area contributed by atoms with Gasteiger partial charge in [-0.3, -0.25) is 14.6 Å². The van der Waals surface area contributed by atoms with Crippen molar-refractivity contribution >= 4 is 21.8 Å². The smallest absolute Gasteiger partial charge is 0.281 e. The Morgan fingerprint density at radius 1 is 1.26 bits per heavy atom. The third-order valence-electron chi connectivity index (χ3n) is 2.40. The molecule has 0 aliphatic heterocycles. The van der Waals surface area contributed by atoms with E-state index in [4.69, 9.17) is 0 Å². The van der Waals surface area contributed by atoms with Crippen molar-refractivity contribution < 1.29 is 4.79 Å². The number of nitrogens with one attached hydrogen (secondary N) is 1. The molecule has 19 heavy (non-hydrogen) atoms. The van der Waals surface area contributed by atoms with Crippen molar-refractivity contribution in [2.75, 3.05) is 0 Å². The molecule has 2 aromatic rings. The molecule has 0 unspecified atom stereocenters. The van der Waals surface area contributed by atoms with Gasteiger partial charge in [0.25, 0.3) is 5.56 Å². The summed E-state index contributed by atoms with van der Waals surface area (Å²) in [6.45, 7) is 0.285. The third-order valence-corrected chi connectivity index (χ3v) is 3.00. The lowest BCUT2D eigenvalue weighted by Crippen LogP contribution is -2.33. The van der Waals surface area contributed by atoms with E-state index in [-0.39, 0.29) is 18.0 Å². The summed E-state index contributed by atoms with van der Waals surface area (Å²) < 4.78 is 1.48. The number of pyridine rings is 1. The number of carbonyl (C=O) groups excluding carboxylic acids is 1. The van der Waals surface area contributed by atoms with Gasteiger partial charge in [0.2, 0.25) is 5.91 Å². The first-order chi connectivity index (χ1) is 9.16. The summed E-state index contributed by atoms with van der Waals surface area (Å²) in [5, 5.41) is 6.55. The lowest BCUT2D eigenvalue weighted by atomic mass is 10.3. The Kier molecular flexibility index (Phi) is 4.40. The summed E-state index contributed by atoms with van der Waals surface area (Å²) >= 11 is 3.10. The maximum absolute atomic E-state index is 11.7. The number of carbonyl (C=O) groups is 1. The van der Waals surface area contributed by atoms with Gasteiger partial charge in [0.1, 0.15) is 6.54 Å². The quantitative estimate of drug-likeness (QED) is 0.899. The lowest BCUT2D eigenvalue weighted by Gasteiger charge is -2.06. The largest absolute Gasteiger partial charge is 0.350 e. The molecule has 0 fully saturated rings. The minimum Gasteiger partial charge on any atom is -0.350 e. The Balaban J connectivity index is 1.95. The molecule has 0 spiro atoms. The molecule has 7 heteroatoms. The number of nitrogens with zero attached hydrogens (tertiary/aromatic N) is 3. The van der Waals surface area contributed by atoms with Crippen LogP contribution in [0.15, 0.2) is 46.1 Å². The number of amides is 1. The molecule has 2 aromatic heterocycles. The summed E-state index contributed by atoms with van der Waals surface area (Å²) in [6, 6.07) is 5.15. The van der Waals surface area contributed by atoms with Crippen LogP contribution in [0.2, 0.25) is 0 Å². The zero-order valence-electron chi connectivity index (χ0n) is 9.91. The van der Waals surface area contributed by atoms with E-state index in [0.717, 1.165) is 10.2 Å². The molecule has 98 valence electrons. The Morgan fingerprint density at radius 2 is 2.00 bits per heavy atom. The molecule has 0 aromatic carbocycles. The number of halogens is 1. The predicted molar refractivity (Wildman–Crippen MR) is 72.3 cm³/mol. The zero-order valence-corrected chi connectivity index (χ0v) is 11.5. The molecule has 0 saturated carbocycles. The highest BCUT2D eigenvalue weighted by molar-refractivity contribution is 9.10. The Morgan fingerprint density at radius 3 is 2.74 bits per heavy atom. The summed E-state index contributed by atoms with van der Waals surface area (Å²) in [6.07, 6.45) is 4.77. The average Bonchev–Trinajstić information content (AvgIpc) is 2.43. The van der Waals surface area contributed by atoms with Crippen LogP contribution in [0, 0.1) is 0 Å². The fourth-order valence-corrected chi connectivity index (χ4v) is 1.76. The SMILES string of the molecule is O=C(Cn1nccc(Br)c1=O)NCc1ccncc1. The standard InChI is InChI=1S/C12H11BrN4O2/c13-10-3-6-16-17(12(10)19)8-11(18)15-7-9-1-4-14-5-2-9/h1-6H,7-8H2,(H,15,18). The molecule has 0 saturated heterocycles. The molecule has 0 bridgehead atoms. The van der Waals surface area contributed by atoms with Crippen molar-refractivity contribution in [2.45, 2.75) is 13.1 Å². The Bertz CT molecular complexity index is 627. The van der Waals surface area contributed by atoms with Gasteiger partial charge in [-0.2, -0.15) is 5.10 Å². The fourth-order valence-electron chi connectivity index (χ4n) is 1.43. The molecule has 2 rings (SSSR count). The van der Waals surface area contributed by atoms with Crippen molar-refractivity contribution in [3.8, 4) is 0 Å². The van der Waals surface area contributed by atoms with Gasteiger partial charge >= 0.3 is 0 Å². The second-order valence-electron chi connectivity index (χ2n) is 3.77. The number of rotatable bonds is 4. The van der Waals surface area contributed by atoms with E-state index in [1.165, 1.54) is 12.3 Å². The molecular weight excluding hydrogens is 312 g/mol. The lowest BCUT2D eigenvalue weighted by molar-refractivity contribution is -0.122. The second kappa shape index (κ2) is 6.24. The van der Waals surface area contributed by atoms with Gasteiger partial charge in [0.05, 0.1) is 4.47 Å². The van der Waals surface area contributed by atoms with Crippen LogP contribution >= 0.6 is 15.9 Å². The van der Waals surface area contributed by atoms with Crippen molar-refractivity contribution in [2.24, 2.45) is 0 Å². The normalized spacial score (nSPS) is 10.2. The first kappa shape index (κ1) is 13.4. The highest BCUT2D eigenvalue weighted by Crippen LogP contribution is 1.99. The van der Waals surface area contributed by atoms with Crippen molar-refractivity contribution in [1.82, 2.24) is 20.1 Å². The molecule has 1 amide bonds. The minimum atomic E-state index is -0.332. The van der Waals surface area contributed by atoms with Gasteiger partial charge < -0.3 is 5.32 Å². The number of aromatic nitrogens is 3. The molecule has 0 atom stereocenters. The van der Waals surface area contributed by atoms with Gasteiger partial charge in [0.15, 0.2) is 0 Å². The summed E-state index contributed by atoms with van der Waals surface area (Å²) in [7, 11) is 0. The van der Waals surface area contributed by atoms with Crippen LogP contribution in [0.3, 0.4) is 0 Å². The predicted octanol–water partition coefficient (Wildman–Crippen LogP) is 0.717. The first-order valence-corrected chi connectivity index (χ1v) is 6.33. The molecule has 0 radical (unpaired) electrons. The van der Waals surface area contributed by atoms with E-state index in [0.29, 0.717) is 11.0 Å². The fraction of sp³-hybridized carbons (Fsp3) is 0.167. The highest BCUT2D eigenvalue weighted by atomic mass is 79.9. The highest BCUT2D eigenvalue weighted by Gasteiger charge is 2.07. The first-order valence-electron chi connectivity index (χ1n) is 5.54. The average molecular weight is 323 g/mol. The van der Waals surface area contributed by atoms with Crippen LogP contribution in [0.5, 0.6) is 0 Å². The monoisotopic (exact) mass is 322 g/mol. The number of hydrogen-bond donors (Lipinski definition) is 1. The van der Waals surface area contributed by atoms with Crippen LogP contribution in [-0.2, 0) is 17.9 Å².